The number of nitrogens with one attached hydrogen (secondary N) is 2. The highest BCUT2D eigenvalue weighted by Crippen LogP contribution is 2.15. The summed E-state index contributed by atoms with van der Waals surface area (Å²) in [5, 5.41) is 5.50. The van der Waals surface area contributed by atoms with Crippen LogP contribution in [0.25, 0.3) is 6.08 Å². The predicted molar refractivity (Wildman–Crippen MR) is 88.9 cm³/mol. The molecule has 2 amide bonds. The van der Waals surface area contributed by atoms with Crippen LogP contribution < -0.4 is 10.6 Å². The fraction of sp³-hybridized carbons (Fsp3) is 0. The van der Waals surface area contributed by atoms with Crippen LogP contribution in [-0.2, 0) is 10.1 Å². The summed E-state index contributed by atoms with van der Waals surface area (Å²) < 4.78 is 31.0. The van der Waals surface area contributed by atoms with Crippen molar-refractivity contribution in [3.63, 3.8) is 0 Å². The minimum absolute atomic E-state index is 0.230. The van der Waals surface area contributed by atoms with Gasteiger partial charge in [-0.25, -0.2) is 4.79 Å². The fourth-order valence-corrected chi connectivity index (χ4v) is 2.45. The Labute approximate surface area is 138 Å². The Morgan fingerprint density at radius 3 is 2.57 bits per heavy atom. The number of carbonyl (C=O) groups is 1. The van der Waals surface area contributed by atoms with Crippen LogP contribution in [0.5, 0.6) is 0 Å². The third-order valence-electron chi connectivity index (χ3n) is 2.73. The number of rotatable bonds is 4. The van der Waals surface area contributed by atoms with Gasteiger partial charge in [-0.2, -0.15) is 8.42 Å². The lowest BCUT2D eigenvalue weighted by Gasteiger charge is -2.05. The summed E-state index contributed by atoms with van der Waals surface area (Å²) in [4.78, 5) is 11.4. The van der Waals surface area contributed by atoms with Gasteiger partial charge in [0.1, 0.15) is 0 Å². The average Bonchev–Trinajstić information content (AvgIpc) is 2.46. The van der Waals surface area contributed by atoms with Gasteiger partial charge in [-0.05, 0) is 42.0 Å². The van der Waals surface area contributed by atoms with E-state index in [2.05, 4.69) is 10.6 Å². The van der Waals surface area contributed by atoms with Crippen LogP contribution >= 0.6 is 11.6 Å². The number of carbonyl (C=O) groups excluding carboxylic acids is 1. The summed E-state index contributed by atoms with van der Waals surface area (Å²) in [6.45, 7) is 0. The molecule has 120 valence electrons. The van der Waals surface area contributed by atoms with E-state index in [-0.39, 0.29) is 10.6 Å². The first-order chi connectivity index (χ1) is 10.8. The van der Waals surface area contributed by atoms with Gasteiger partial charge in [-0.15, -0.1) is 0 Å². The zero-order valence-electron chi connectivity index (χ0n) is 11.7. The predicted octanol–water partition coefficient (Wildman–Crippen LogP) is 3.38. The molecule has 0 saturated carbocycles. The summed E-state index contributed by atoms with van der Waals surface area (Å²) >= 11 is 5.84. The van der Waals surface area contributed by atoms with Gasteiger partial charge in [0.05, 0.1) is 4.90 Å². The van der Waals surface area contributed by atoms with Crippen LogP contribution in [0.3, 0.4) is 0 Å². The number of anilines is 1. The van der Waals surface area contributed by atoms with Crippen LogP contribution in [0.15, 0.2) is 59.6 Å². The van der Waals surface area contributed by atoms with Crippen molar-refractivity contribution in [2.24, 2.45) is 0 Å². The molecule has 23 heavy (non-hydrogen) atoms. The van der Waals surface area contributed by atoms with Crippen molar-refractivity contribution in [1.29, 1.82) is 0 Å². The molecule has 0 aliphatic carbocycles. The van der Waals surface area contributed by atoms with Crippen molar-refractivity contribution in [3.8, 4) is 0 Å². The molecule has 0 aromatic heterocycles. The molecule has 0 aliphatic heterocycles. The largest absolute Gasteiger partial charge is 0.323 e. The van der Waals surface area contributed by atoms with Gasteiger partial charge in [0.2, 0.25) is 0 Å². The molecule has 0 saturated heterocycles. The molecule has 0 aliphatic rings. The molecule has 0 heterocycles. The van der Waals surface area contributed by atoms with Crippen molar-refractivity contribution < 1.29 is 17.8 Å². The topological polar surface area (TPSA) is 95.5 Å². The lowest BCUT2D eigenvalue weighted by atomic mass is 10.2. The van der Waals surface area contributed by atoms with E-state index >= 15 is 0 Å². The van der Waals surface area contributed by atoms with Gasteiger partial charge in [0.15, 0.2) is 0 Å². The minimum atomic E-state index is -4.32. The number of halogens is 1. The molecule has 6 nitrogen and oxygen atoms in total. The smallest absolute Gasteiger partial charge is 0.314 e. The third-order valence-corrected chi connectivity index (χ3v) is 3.81. The molecule has 0 atom stereocenters. The first-order valence-corrected chi connectivity index (χ1v) is 8.23. The monoisotopic (exact) mass is 352 g/mol. The maximum absolute atomic E-state index is 11.7. The van der Waals surface area contributed by atoms with E-state index in [4.69, 9.17) is 16.2 Å². The molecule has 0 radical (unpaired) electrons. The van der Waals surface area contributed by atoms with Crippen LogP contribution in [0.4, 0.5) is 10.5 Å². The number of benzene rings is 2. The second-order valence-electron chi connectivity index (χ2n) is 4.49. The van der Waals surface area contributed by atoms with Gasteiger partial charge >= 0.3 is 6.03 Å². The molecular formula is C15H13ClN2O4S. The van der Waals surface area contributed by atoms with Gasteiger partial charge in [-0.3, -0.25) is 4.55 Å². The molecule has 0 bridgehead atoms. The standard InChI is InChI=1S/C15H13ClN2O4S/c16-12-4-1-3-11(9-12)7-8-17-15(19)18-13-5-2-6-14(10-13)23(20,21)22/h1-10H,(H2,17,18,19)(H,20,21,22)/b8-7+. The van der Waals surface area contributed by atoms with Gasteiger partial charge < -0.3 is 10.6 Å². The van der Waals surface area contributed by atoms with E-state index in [0.29, 0.717) is 5.02 Å². The SMILES string of the molecule is O=C(N/C=C/c1cccc(Cl)c1)Nc1cccc(S(=O)(=O)O)c1. The maximum Gasteiger partial charge on any atom is 0.323 e. The van der Waals surface area contributed by atoms with Crippen molar-refractivity contribution in [2.75, 3.05) is 5.32 Å². The highest BCUT2D eigenvalue weighted by atomic mass is 35.5. The van der Waals surface area contributed by atoms with Gasteiger partial charge in [0.25, 0.3) is 10.1 Å². The molecule has 0 spiro atoms. The Morgan fingerprint density at radius 2 is 1.87 bits per heavy atom. The van der Waals surface area contributed by atoms with Crippen molar-refractivity contribution >= 4 is 39.5 Å². The Balaban J connectivity index is 1.97. The summed E-state index contributed by atoms with van der Waals surface area (Å²) in [6.07, 6.45) is 3.08. The Bertz CT molecular complexity index is 850. The fourth-order valence-electron chi connectivity index (χ4n) is 1.73. The molecule has 2 rings (SSSR count). The lowest BCUT2D eigenvalue weighted by Crippen LogP contribution is -2.23. The molecule has 3 N–H and O–H groups in total. The zero-order valence-corrected chi connectivity index (χ0v) is 13.3. The van der Waals surface area contributed by atoms with Crippen LogP contribution in [0.1, 0.15) is 5.56 Å². The highest BCUT2D eigenvalue weighted by Gasteiger charge is 2.10. The normalized spacial score (nSPS) is 11.4. The van der Waals surface area contributed by atoms with Crippen LogP contribution in [0, 0.1) is 0 Å². The molecule has 2 aromatic carbocycles. The number of hydrogen-bond donors (Lipinski definition) is 3. The minimum Gasteiger partial charge on any atom is -0.314 e. The zero-order chi connectivity index (χ0) is 16.9. The van der Waals surface area contributed by atoms with E-state index < -0.39 is 16.1 Å². The molecule has 0 unspecified atom stereocenters. The van der Waals surface area contributed by atoms with E-state index in [1.165, 1.54) is 24.4 Å². The molecule has 0 fully saturated rings. The summed E-state index contributed by atoms with van der Waals surface area (Å²) in [6, 6.07) is 11.8. The Kier molecular flexibility index (Phi) is 5.38. The van der Waals surface area contributed by atoms with E-state index in [1.54, 1.807) is 24.3 Å². The lowest BCUT2D eigenvalue weighted by molar-refractivity contribution is 0.255. The second-order valence-corrected chi connectivity index (χ2v) is 6.35. The quantitative estimate of drug-likeness (QED) is 0.735. The molecular weight excluding hydrogens is 340 g/mol. The van der Waals surface area contributed by atoms with Crippen molar-refractivity contribution in [1.82, 2.24) is 5.32 Å². The van der Waals surface area contributed by atoms with E-state index in [9.17, 15) is 13.2 Å². The summed E-state index contributed by atoms with van der Waals surface area (Å²) in [5.41, 5.74) is 1.04. The van der Waals surface area contributed by atoms with Gasteiger partial charge in [0, 0.05) is 16.9 Å². The first-order valence-electron chi connectivity index (χ1n) is 6.42. The summed E-state index contributed by atoms with van der Waals surface area (Å²) in [5.74, 6) is 0. The van der Waals surface area contributed by atoms with Crippen molar-refractivity contribution in [2.45, 2.75) is 4.90 Å². The second kappa shape index (κ2) is 7.28. The highest BCUT2D eigenvalue weighted by molar-refractivity contribution is 7.85. The van der Waals surface area contributed by atoms with E-state index in [1.807, 2.05) is 6.07 Å². The third kappa shape index (κ3) is 5.41. The van der Waals surface area contributed by atoms with E-state index in [0.717, 1.165) is 11.6 Å². The van der Waals surface area contributed by atoms with Crippen LogP contribution in [0.2, 0.25) is 5.02 Å². The molecule has 2 aromatic rings. The van der Waals surface area contributed by atoms with Crippen molar-refractivity contribution in [3.05, 3.63) is 65.3 Å². The first kappa shape index (κ1) is 17.0. The average molecular weight is 353 g/mol. The molecule has 8 heteroatoms. The number of urea groups is 1. The summed E-state index contributed by atoms with van der Waals surface area (Å²) in [7, 11) is -4.32. The number of hydrogen-bond acceptors (Lipinski definition) is 3. The number of amides is 2. The maximum atomic E-state index is 11.7. The van der Waals surface area contributed by atoms with Gasteiger partial charge in [-0.1, -0.05) is 29.8 Å². The van der Waals surface area contributed by atoms with Crippen LogP contribution in [-0.4, -0.2) is 19.0 Å². The Hall–Kier alpha value is -2.35. The Morgan fingerprint density at radius 1 is 1.13 bits per heavy atom.